The van der Waals surface area contributed by atoms with Gasteiger partial charge in [-0.1, -0.05) is 12.1 Å². The summed E-state index contributed by atoms with van der Waals surface area (Å²) in [5.74, 6) is -0.238. The first-order valence-corrected chi connectivity index (χ1v) is 4.59. The lowest BCUT2D eigenvalue weighted by atomic mass is 10.1. The highest BCUT2D eigenvalue weighted by Crippen LogP contribution is 2.25. The molecule has 0 saturated carbocycles. The van der Waals surface area contributed by atoms with E-state index in [2.05, 4.69) is 21.4 Å². The Morgan fingerprint density at radius 2 is 2.00 bits per heavy atom. The van der Waals surface area contributed by atoms with Crippen molar-refractivity contribution in [1.82, 2.24) is 5.48 Å². The molecule has 0 spiro atoms. The Balaban J connectivity index is 2.22. The molecule has 68 valence electrons. The predicted molar refractivity (Wildman–Crippen MR) is 50.4 cm³/mol. The summed E-state index contributed by atoms with van der Waals surface area (Å²) in [4.78, 5) is 5.18. The Morgan fingerprint density at radius 1 is 1.31 bits per heavy atom. The normalized spacial score (nSPS) is 21.1. The van der Waals surface area contributed by atoms with E-state index in [1.54, 1.807) is 12.1 Å². The minimum absolute atomic E-state index is 0.144. The summed E-state index contributed by atoms with van der Waals surface area (Å²) in [6, 6.07) is 6.23. The van der Waals surface area contributed by atoms with Gasteiger partial charge in [-0.3, -0.25) is 10.3 Å². The minimum atomic E-state index is -0.238. The maximum atomic E-state index is 12.6. The maximum Gasteiger partial charge on any atom is 0.131 e. The van der Waals surface area contributed by atoms with Gasteiger partial charge in [0.2, 0.25) is 0 Å². The van der Waals surface area contributed by atoms with Gasteiger partial charge in [0.05, 0.1) is 0 Å². The van der Waals surface area contributed by atoms with Crippen LogP contribution in [0.2, 0.25) is 0 Å². The van der Waals surface area contributed by atoms with Gasteiger partial charge in [0.15, 0.2) is 0 Å². The first-order chi connectivity index (χ1) is 6.25. The first-order valence-electron chi connectivity index (χ1n) is 3.80. The van der Waals surface area contributed by atoms with E-state index in [0.717, 1.165) is 10.2 Å². The molecule has 1 aliphatic heterocycles. The Morgan fingerprint density at radius 3 is 2.54 bits per heavy atom. The van der Waals surface area contributed by atoms with E-state index in [9.17, 15) is 4.39 Å². The third-order valence-corrected chi connectivity index (χ3v) is 2.21. The second kappa shape index (κ2) is 3.47. The number of hydroxylamine groups is 1. The zero-order chi connectivity index (χ0) is 9.26. The fraction of sp³-hybridized carbons (Fsp3) is 0.111. The van der Waals surface area contributed by atoms with E-state index in [0.29, 0.717) is 0 Å². The molecule has 0 fully saturated rings. The van der Waals surface area contributed by atoms with Crippen LogP contribution in [-0.2, 0) is 4.84 Å². The monoisotopic (exact) mass is 243 g/mol. The third kappa shape index (κ3) is 1.89. The zero-order valence-electron chi connectivity index (χ0n) is 6.63. The van der Waals surface area contributed by atoms with Crippen molar-refractivity contribution in [2.24, 2.45) is 0 Å². The summed E-state index contributed by atoms with van der Waals surface area (Å²) in [6.07, 6.45) is 1.72. The molecule has 1 aromatic rings. The van der Waals surface area contributed by atoms with Crippen LogP contribution in [0.4, 0.5) is 4.39 Å². The topological polar surface area (TPSA) is 21.3 Å². The maximum absolute atomic E-state index is 12.6. The molecule has 1 aliphatic rings. The van der Waals surface area contributed by atoms with Crippen LogP contribution in [0.1, 0.15) is 11.7 Å². The van der Waals surface area contributed by atoms with E-state index < -0.39 is 0 Å². The molecule has 1 unspecified atom stereocenters. The standard InChI is InChI=1S/C9H7BrFNO/c10-9-5-8(13-12-9)6-1-3-7(11)4-2-6/h1-5,8,12H. The van der Waals surface area contributed by atoms with E-state index in [1.165, 1.54) is 12.1 Å². The van der Waals surface area contributed by atoms with Crippen LogP contribution in [0.15, 0.2) is 34.9 Å². The molecular weight excluding hydrogens is 237 g/mol. The van der Waals surface area contributed by atoms with Gasteiger partial charge in [0, 0.05) is 0 Å². The van der Waals surface area contributed by atoms with Crippen molar-refractivity contribution in [3.8, 4) is 0 Å². The summed E-state index contributed by atoms with van der Waals surface area (Å²) >= 11 is 3.24. The van der Waals surface area contributed by atoms with Gasteiger partial charge >= 0.3 is 0 Å². The van der Waals surface area contributed by atoms with Crippen molar-refractivity contribution in [1.29, 1.82) is 0 Å². The minimum Gasteiger partial charge on any atom is -0.263 e. The second-order valence-electron chi connectivity index (χ2n) is 2.71. The number of benzene rings is 1. The van der Waals surface area contributed by atoms with Gasteiger partial charge in [0.25, 0.3) is 0 Å². The van der Waals surface area contributed by atoms with Crippen LogP contribution in [-0.4, -0.2) is 0 Å². The number of nitrogens with one attached hydrogen (secondary N) is 1. The van der Waals surface area contributed by atoms with Crippen molar-refractivity contribution >= 4 is 15.9 Å². The van der Waals surface area contributed by atoms with Crippen LogP contribution in [0.25, 0.3) is 0 Å². The smallest absolute Gasteiger partial charge is 0.131 e. The lowest BCUT2D eigenvalue weighted by molar-refractivity contribution is 0.0457. The average Bonchev–Trinajstić information content (AvgIpc) is 2.53. The molecule has 4 heteroatoms. The van der Waals surface area contributed by atoms with Crippen molar-refractivity contribution in [2.75, 3.05) is 0 Å². The number of rotatable bonds is 1. The lowest BCUT2D eigenvalue weighted by Crippen LogP contribution is -2.05. The number of hydrogen-bond acceptors (Lipinski definition) is 2. The summed E-state index contributed by atoms with van der Waals surface area (Å²) in [5, 5.41) is 0. The molecule has 2 nitrogen and oxygen atoms in total. The predicted octanol–water partition coefficient (Wildman–Crippen LogP) is 2.64. The van der Waals surface area contributed by atoms with Gasteiger partial charge in [-0.25, -0.2) is 4.39 Å². The van der Waals surface area contributed by atoms with Gasteiger partial charge < -0.3 is 0 Å². The lowest BCUT2D eigenvalue weighted by Gasteiger charge is -2.06. The van der Waals surface area contributed by atoms with Crippen LogP contribution >= 0.6 is 15.9 Å². The molecule has 1 atom stereocenters. The summed E-state index contributed by atoms with van der Waals surface area (Å²) < 4.78 is 13.4. The van der Waals surface area contributed by atoms with Gasteiger partial charge in [-0.15, -0.1) is 0 Å². The fourth-order valence-corrected chi connectivity index (χ4v) is 1.47. The van der Waals surface area contributed by atoms with E-state index in [-0.39, 0.29) is 11.9 Å². The highest BCUT2D eigenvalue weighted by molar-refractivity contribution is 9.11. The van der Waals surface area contributed by atoms with Crippen molar-refractivity contribution in [3.05, 3.63) is 46.3 Å². The molecule has 0 bridgehead atoms. The number of halogens is 2. The Bertz CT molecular complexity index is 336. The van der Waals surface area contributed by atoms with Crippen LogP contribution < -0.4 is 5.48 Å². The molecule has 1 heterocycles. The molecule has 0 aliphatic carbocycles. The highest BCUT2D eigenvalue weighted by atomic mass is 79.9. The van der Waals surface area contributed by atoms with Crippen molar-refractivity contribution in [2.45, 2.75) is 6.10 Å². The highest BCUT2D eigenvalue weighted by Gasteiger charge is 2.16. The fourth-order valence-electron chi connectivity index (χ4n) is 1.14. The molecule has 2 rings (SSSR count). The van der Waals surface area contributed by atoms with Gasteiger partial charge in [-0.05, 0) is 39.7 Å². The molecule has 0 aromatic heterocycles. The summed E-state index contributed by atoms with van der Waals surface area (Å²) in [7, 11) is 0. The Kier molecular flexibility index (Phi) is 2.33. The molecule has 1 aromatic carbocycles. The Labute approximate surface area is 83.5 Å². The third-order valence-electron chi connectivity index (χ3n) is 1.78. The summed E-state index contributed by atoms with van der Waals surface area (Å²) in [6.45, 7) is 0. The molecule has 0 saturated heterocycles. The molecular formula is C9H7BrFNO. The van der Waals surface area contributed by atoms with Crippen LogP contribution in [0.5, 0.6) is 0 Å². The second-order valence-corrected chi connectivity index (χ2v) is 3.56. The van der Waals surface area contributed by atoms with Crippen molar-refractivity contribution < 1.29 is 9.23 Å². The van der Waals surface area contributed by atoms with Gasteiger partial charge in [0.1, 0.15) is 16.5 Å². The summed E-state index contributed by atoms with van der Waals surface area (Å²) in [5.41, 5.74) is 3.59. The molecule has 1 N–H and O–H groups in total. The average molecular weight is 244 g/mol. The van der Waals surface area contributed by atoms with E-state index in [4.69, 9.17) is 4.84 Å². The van der Waals surface area contributed by atoms with Gasteiger partial charge in [-0.2, -0.15) is 0 Å². The Hall–Kier alpha value is -0.870. The zero-order valence-corrected chi connectivity index (χ0v) is 8.21. The van der Waals surface area contributed by atoms with Crippen LogP contribution in [0.3, 0.4) is 0 Å². The van der Waals surface area contributed by atoms with E-state index in [1.807, 2.05) is 6.08 Å². The molecule has 13 heavy (non-hydrogen) atoms. The van der Waals surface area contributed by atoms with Crippen LogP contribution in [0, 0.1) is 5.82 Å². The molecule has 0 amide bonds. The van der Waals surface area contributed by atoms with Crippen molar-refractivity contribution in [3.63, 3.8) is 0 Å². The quantitative estimate of drug-likeness (QED) is 0.766. The first kappa shape index (κ1) is 8.72. The molecule has 0 radical (unpaired) electrons. The largest absolute Gasteiger partial charge is 0.263 e. The number of hydrogen-bond donors (Lipinski definition) is 1. The van der Waals surface area contributed by atoms with E-state index >= 15 is 0 Å². The SMILES string of the molecule is Fc1ccc(C2C=C(Br)NO2)cc1.